The first-order chi connectivity index (χ1) is 7.97. The summed E-state index contributed by atoms with van der Waals surface area (Å²) in [7, 11) is 1.89. The Labute approximate surface area is 111 Å². The van der Waals surface area contributed by atoms with Crippen LogP contribution in [0.2, 0.25) is 0 Å². The molecule has 1 saturated carbocycles. The predicted octanol–water partition coefficient (Wildman–Crippen LogP) is 3.49. The highest BCUT2D eigenvalue weighted by Crippen LogP contribution is 2.38. The fraction of sp³-hybridized carbons (Fsp3) is 0.500. The molecule has 0 heterocycles. The monoisotopic (exact) mass is 295 g/mol. The highest BCUT2D eigenvalue weighted by Gasteiger charge is 2.34. The molecule has 0 saturated heterocycles. The molecule has 0 aliphatic heterocycles. The van der Waals surface area contributed by atoms with Crippen molar-refractivity contribution in [2.75, 3.05) is 13.6 Å². The molecule has 2 unspecified atom stereocenters. The van der Waals surface area contributed by atoms with Crippen molar-refractivity contribution in [1.29, 1.82) is 0 Å². The van der Waals surface area contributed by atoms with Gasteiger partial charge in [-0.3, -0.25) is 4.79 Å². The van der Waals surface area contributed by atoms with Crippen molar-refractivity contribution in [3.8, 4) is 0 Å². The van der Waals surface area contributed by atoms with E-state index in [9.17, 15) is 4.79 Å². The number of hydrogen-bond donors (Lipinski definition) is 0. The number of rotatable bonds is 3. The van der Waals surface area contributed by atoms with Crippen LogP contribution in [-0.2, 0) is 0 Å². The molecule has 2 atom stereocenters. The van der Waals surface area contributed by atoms with E-state index in [0.717, 1.165) is 28.1 Å². The number of carbonyl (C=O) groups excluding carboxylic acids is 1. The molecule has 1 amide bonds. The van der Waals surface area contributed by atoms with Gasteiger partial charge in [0.25, 0.3) is 5.91 Å². The first-order valence-corrected chi connectivity index (χ1v) is 6.79. The maximum Gasteiger partial charge on any atom is 0.253 e. The summed E-state index contributed by atoms with van der Waals surface area (Å²) in [6, 6.07) is 5.85. The Bertz CT molecular complexity index is 424. The number of nitrogens with zero attached hydrogens (tertiary/aromatic N) is 1. The van der Waals surface area contributed by atoms with Crippen LogP contribution < -0.4 is 0 Å². The van der Waals surface area contributed by atoms with Gasteiger partial charge >= 0.3 is 0 Å². The molecule has 1 aromatic rings. The molecule has 2 nitrogen and oxygen atoms in total. The second-order valence-electron chi connectivity index (χ2n) is 5.18. The molecule has 92 valence electrons. The maximum atomic E-state index is 12.2. The molecular formula is C14H18BrNO. The number of benzene rings is 1. The van der Waals surface area contributed by atoms with Crippen molar-refractivity contribution in [3.63, 3.8) is 0 Å². The highest BCUT2D eigenvalue weighted by atomic mass is 79.9. The lowest BCUT2D eigenvalue weighted by Crippen LogP contribution is -2.29. The van der Waals surface area contributed by atoms with Gasteiger partial charge in [-0.25, -0.2) is 0 Å². The summed E-state index contributed by atoms with van der Waals surface area (Å²) < 4.78 is 0.967. The van der Waals surface area contributed by atoms with Gasteiger partial charge in [-0.1, -0.05) is 22.9 Å². The van der Waals surface area contributed by atoms with E-state index in [-0.39, 0.29) is 5.91 Å². The van der Waals surface area contributed by atoms with Crippen LogP contribution in [0.5, 0.6) is 0 Å². The number of carbonyl (C=O) groups is 1. The van der Waals surface area contributed by atoms with Gasteiger partial charge in [0.15, 0.2) is 0 Å². The second-order valence-corrected chi connectivity index (χ2v) is 6.09. The molecular weight excluding hydrogens is 278 g/mol. The zero-order chi connectivity index (χ0) is 12.6. The van der Waals surface area contributed by atoms with E-state index in [1.54, 1.807) is 0 Å². The summed E-state index contributed by atoms with van der Waals surface area (Å²) in [6.45, 7) is 5.13. The standard InChI is InChI=1S/C14H18BrNO/c1-9-4-11(7-13(15)5-9)14(17)16(3)8-12-6-10(12)2/h4-5,7,10,12H,6,8H2,1-3H3. The molecule has 0 N–H and O–H groups in total. The molecule has 0 radical (unpaired) electrons. The fourth-order valence-corrected chi connectivity index (χ4v) is 2.78. The van der Waals surface area contributed by atoms with Gasteiger partial charge in [-0.2, -0.15) is 0 Å². The van der Waals surface area contributed by atoms with Gasteiger partial charge in [0.2, 0.25) is 0 Å². The van der Waals surface area contributed by atoms with Gasteiger partial charge in [-0.05, 0) is 48.9 Å². The fourth-order valence-electron chi connectivity index (χ4n) is 2.17. The van der Waals surface area contributed by atoms with Crippen molar-refractivity contribution < 1.29 is 4.79 Å². The zero-order valence-corrected chi connectivity index (χ0v) is 12.1. The van der Waals surface area contributed by atoms with Gasteiger partial charge in [0.1, 0.15) is 0 Å². The van der Waals surface area contributed by atoms with Gasteiger partial charge in [0, 0.05) is 23.6 Å². The molecule has 0 bridgehead atoms. The Balaban J connectivity index is 2.07. The van der Waals surface area contributed by atoms with Crippen LogP contribution in [0.25, 0.3) is 0 Å². The van der Waals surface area contributed by atoms with Crippen molar-refractivity contribution in [2.45, 2.75) is 20.3 Å². The summed E-state index contributed by atoms with van der Waals surface area (Å²) in [6.07, 6.45) is 1.26. The second kappa shape index (κ2) is 4.81. The SMILES string of the molecule is Cc1cc(Br)cc(C(=O)N(C)CC2CC2C)c1. The summed E-state index contributed by atoms with van der Waals surface area (Å²) in [5.74, 6) is 1.61. The Morgan fingerprint density at radius 1 is 1.47 bits per heavy atom. The lowest BCUT2D eigenvalue weighted by atomic mass is 10.1. The van der Waals surface area contributed by atoms with Crippen molar-refractivity contribution in [1.82, 2.24) is 4.90 Å². The molecule has 1 aromatic carbocycles. The lowest BCUT2D eigenvalue weighted by molar-refractivity contribution is 0.0787. The van der Waals surface area contributed by atoms with Crippen molar-refractivity contribution in [2.24, 2.45) is 11.8 Å². The van der Waals surface area contributed by atoms with Crippen LogP contribution in [0.1, 0.15) is 29.3 Å². The van der Waals surface area contributed by atoms with E-state index in [4.69, 9.17) is 0 Å². The number of hydrogen-bond acceptors (Lipinski definition) is 1. The van der Waals surface area contributed by atoms with Crippen LogP contribution in [-0.4, -0.2) is 24.4 Å². The first-order valence-electron chi connectivity index (χ1n) is 6.00. The highest BCUT2D eigenvalue weighted by molar-refractivity contribution is 9.10. The molecule has 1 aliphatic rings. The van der Waals surface area contributed by atoms with Crippen LogP contribution in [0.4, 0.5) is 0 Å². The lowest BCUT2D eigenvalue weighted by Gasteiger charge is -2.17. The Morgan fingerprint density at radius 3 is 2.65 bits per heavy atom. The van der Waals surface area contributed by atoms with E-state index in [1.807, 2.05) is 37.1 Å². The van der Waals surface area contributed by atoms with Crippen LogP contribution in [0.3, 0.4) is 0 Å². The van der Waals surface area contributed by atoms with Crippen LogP contribution in [0.15, 0.2) is 22.7 Å². The minimum Gasteiger partial charge on any atom is -0.341 e. The van der Waals surface area contributed by atoms with Gasteiger partial charge < -0.3 is 4.90 Å². The summed E-state index contributed by atoms with van der Waals surface area (Å²) >= 11 is 3.43. The number of amides is 1. The van der Waals surface area contributed by atoms with Crippen molar-refractivity contribution >= 4 is 21.8 Å². The van der Waals surface area contributed by atoms with E-state index in [2.05, 4.69) is 22.9 Å². The third-order valence-corrected chi connectivity index (χ3v) is 3.88. The average molecular weight is 296 g/mol. The molecule has 1 aliphatic carbocycles. The Kier molecular flexibility index (Phi) is 3.57. The maximum absolute atomic E-state index is 12.2. The third kappa shape index (κ3) is 3.09. The smallest absolute Gasteiger partial charge is 0.253 e. The topological polar surface area (TPSA) is 20.3 Å². The predicted molar refractivity (Wildman–Crippen MR) is 73.1 cm³/mol. The third-order valence-electron chi connectivity index (χ3n) is 3.42. The van der Waals surface area contributed by atoms with E-state index >= 15 is 0 Å². The molecule has 1 fully saturated rings. The van der Waals surface area contributed by atoms with Crippen molar-refractivity contribution in [3.05, 3.63) is 33.8 Å². The molecule has 3 heteroatoms. The Morgan fingerprint density at radius 2 is 2.12 bits per heavy atom. The minimum absolute atomic E-state index is 0.119. The zero-order valence-electron chi connectivity index (χ0n) is 10.5. The van der Waals surface area contributed by atoms with E-state index < -0.39 is 0 Å². The summed E-state index contributed by atoms with van der Waals surface area (Å²) in [5, 5.41) is 0. The Hall–Kier alpha value is -0.830. The summed E-state index contributed by atoms with van der Waals surface area (Å²) in [5.41, 5.74) is 1.88. The van der Waals surface area contributed by atoms with Gasteiger partial charge in [-0.15, -0.1) is 0 Å². The molecule has 17 heavy (non-hydrogen) atoms. The largest absolute Gasteiger partial charge is 0.341 e. The first kappa shape index (κ1) is 12.6. The van der Waals surface area contributed by atoms with E-state index in [0.29, 0.717) is 5.92 Å². The normalized spacial score (nSPS) is 22.4. The minimum atomic E-state index is 0.119. The molecule has 0 spiro atoms. The number of halogens is 1. The molecule has 2 rings (SSSR count). The summed E-state index contributed by atoms with van der Waals surface area (Å²) in [4.78, 5) is 14.1. The quantitative estimate of drug-likeness (QED) is 0.836. The van der Waals surface area contributed by atoms with E-state index in [1.165, 1.54) is 6.42 Å². The number of aryl methyl sites for hydroxylation is 1. The van der Waals surface area contributed by atoms with Gasteiger partial charge in [0.05, 0.1) is 0 Å². The molecule has 0 aromatic heterocycles. The van der Waals surface area contributed by atoms with Crippen LogP contribution >= 0.6 is 15.9 Å². The average Bonchev–Trinajstić information content (AvgIpc) is 2.91. The van der Waals surface area contributed by atoms with Crippen LogP contribution in [0, 0.1) is 18.8 Å².